The van der Waals surface area contributed by atoms with Gasteiger partial charge in [0, 0.05) is 17.7 Å². The molecule has 1 aliphatic rings. The molecule has 0 saturated carbocycles. The first-order chi connectivity index (χ1) is 8.61. The molecule has 1 aromatic carbocycles. The van der Waals surface area contributed by atoms with E-state index in [1.54, 1.807) is 7.11 Å². The van der Waals surface area contributed by atoms with Crippen molar-refractivity contribution in [3.63, 3.8) is 0 Å². The van der Waals surface area contributed by atoms with E-state index in [4.69, 9.17) is 26.8 Å². The molecular weight excluding hydrogens is 250 g/mol. The van der Waals surface area contributed by atoms with E-state index < -0.39 is 0 Å². The molecule has 3 unspecified atom stereocenters. The Kier molecular flexibility index (Phi) is 4.49. The normalized spacial score (nSPS) is 25.1. The van der Waals surface area contributed by atoms with Crippen LogP contribution in [0.3, 0.4) is 0 Å². The summed E-state index contributed by atoms with van der Waals surface area (Å²) < 4.78 is 11.0. The second kappa shape index (κ2) is 5.91. The van der Waals surface area contributed by atoms with Crippen LogP contribution in [0.15, 0.2) is 18.2 Å². The van der Waals surface area contributed by atoms with Crippen molar-refractivity contribution in [2.45, 2.75) is 31.9 Å². The Balaban J connectivity index is 2.10. The zero-order chi connectivity index (χ0) is 13.1. The molecule has 0 radical (unpaired) electrons. The van der Waals surface area contributed by atoms with Gasteiger partial charge in [0.2, 0.25) is 0 Å². The fraction of sp³-hybridized carbons (Fsp3) is 0.571. The molecule has 4 heteroatoms. The highest BCUT2D eigenvalue weighted by molar-refractivity contribution is 6.30. The van der Waals surface area contributed by atoms with Gasteiger partial charge >= 0.3 is 0 Å². The van der Waals surface area contributed by atoms with E-state index >= 15 is 0 Å². The average molecular weight is 270 g/mol. The lowest BCUT2D eigenvalue weighted by atomic mass is 9.93. The molecule has 3 atom stereocenters. The van der Waals surface area contributed by atoms with E-state index in [1.807, 2.05) is 18.2 Å². The van der Waals surface area contributed by atoms with E-state index in [1.165, 1.54) is 0 Å². The van der Waals surface area contributed by atoms with Crippen LogP contribution in [0.2, 0.25) is 5.02 Å². The van der Waals surface area contributed by atoms with E-state index in [9.17, 15) is 0 Å². The van der Waals surface area contributed by atoms with Gasteiger partial charge in [0.25, 0.3) is 0 Å². The first kappa shape index (κ1) is 13.7. The van der Waals surface area contributed by atoms with Crippen LogP contribution in [0.25, 0.3) is 0 Å². The third-order valence-corrected chi connectivity index (χ3v) is 3.80. The summed E-state index contributed by atoms with van der Waals surface area (Å²) in [7, 11) is 1.66. The highest BCUT2D eigenvalue weighted by atomic mass is 35.5. The highest BCUT2D eigenvalue weighted by Crippen LogP contribution is 2.28. The van der Waals surface area contributed by atoms with E-state index in [0.29, 0.717) is 10.9 Å². The van der Waals surface area contributed by atoms with Crippen molar-refractivity contribution < 1.29 is 9.47 Å². The van der Waals surface area contributed by atoms with E-state index in [2.05, 4.69) is 6.92 Å². The predicted octanol–water partition coefficient (Wildman–Crippen LogP) is 2.64. The second-order valence-electron chi connectivity index (χ2n) is 4.93. The van der Waals surface area contributed by atoms with Gasteiger partial charge < -0.3 is 15.2 Å². The minimum Gasteiger partial charge on any atom is -0.496 e. The molecule has 0 spiro atoms. The molecular formula is C14H20ClNO2. The number of ether oxygens (including phenoxy) is 2. The summed E-state index contributed by atoms with van der Waals surface area (Å²) in [5.74, 6) is 1.35. The molecule has 100 valence electrons. The van der Waals surface area contributed by atoms with Crippen molar-refractivity contribution in [1.82, 2.24) is 0 Å². The van der Waals surface area contributed by atoms with Gasteiger partial charge in [0.1, 0.15) is 5.75 Å². The summed E-state index contributed by atoms with van der Waals surface area (Å²) >= 11 is 6.02. The molecule has 0 amide bonds. The van der Waals surface area contributed by atoms with Crippen LogP contribution in [-0.4, -0.2) is 25.9 Å². The Labute approximate surface area is 113 Å². The van der Waals surface area contributed by atoms with Crippen molar-refractivity contribution >= 4 is 11.6 Å². The molecule has 1 heterocycles. The number of hydrogen-bond donors (Lipinski definition) is 1. The molecule has 1 aromatic rings. The van der Waals surface area contributed by atoms with Crippen LogP contribution in [0.1, 0.15) is 18.9 Å². The van der Waals surface area contributed by atoms with Gasteiger partial charge in [-0.3, -0.25) is 0 Å². The molecule has 1 saturated heterocycles. The van der Waals surface area contributed by atoms with Crippen molar-refractivity contribution in [3.05, 3.63) is 28.8 Å². The Morgan fingerprint density at radius 1 is 1.56 bits per heavy atom. The summed E-state index contributed by atoms with van der Waals surface area (Å²) in [4.78, 5) is 0. The largest absolute Gasteiger partial charge is 0.496 e. The van der Waals surface area contributed by atoms with Crippen molar-refractivity contribution in [3.8, 4) is 5.75 Å². The van der Waals surface area contributed by atoms with Crippen molar-refractivity contribution in [2.75, 3.05) is 13.7 Å². The molecule has 0 aromatic heterocycles. The summed E-state index contributed by atoms with van der Waals surface area (Å²) in [6.07, 6.45) is 1.94. The number of methoxy groups -OCH3 is 1. The van der Waals surface area contributed by atoms with Crippen molar-refractivity contribution in [2.24, 2.45) is 11.7 Å². The van der Waals surface area contributed by atoms with Crippen LogP contribution in [0.5, 0.6) is 5.75 Å². The Morgan fingerprint density at radius 2 is 2.33 bits per heavy atom. The number of benzene rings is 1. The Bertz CT molecular complexity index is 411. The molecule has 0 aliphatic carbocycles. The van der Waals surface area contributed by atoms with Gasteiger partial charge in [-0.2, -0.15) is 0 Å². The zero-order valence-corrected chi connectivity index (χ0v) is 11.6. The summed E-state index contributed by atoms with van der Waals surface area (Å²) in [6, 6.07) is 5.60. The number of halogens is 1. The summed E-state index contributed by atoms with van der Waals surface area (Å²) in [6.45, 7) is 3.00. The third-order valence-electron chi connectivity index (χ3n) is 3.56. The van der Waals surface area contributed by atoms with Gasteiger partial charge in [-0.1, -0.05) is 18.5 Å². The fourth-order valence-corrected chi connectivity index (χ4v) is 2.74. The van der Waals surface area contributed by atoms with Gasteiger partial charge in [-0.25, -0.2) is 0 Å². The molecule has 2 N–H and O–H groups in total. The van der Waals surface area contributed by atoms with Gasteiger partial charge in [-0.05, 0) is 42.5 Å². The maximum atomic E-state index is 6.25. The fourth-order valence-electron chi connectivity index (χ4n) is 2.54. The molecule has 18 heavy (non-hydrogen) atoms. The Hall–Kier alpha value is -0.770. The monoisotopic (exact) mass is 269 g/mol. The molecule has 1 aliphatic heterocycles. The van der Waals surface area contributed by atoms with Gasteiger partial charge in [0.15, 0.2) is 0 Å². The zero-order valence-electron chi connectivity index (χ0n) is 10.9. The lowest BCUT2D eigenvalue weighted by molar-refractivity contribution is 0.0725. The van der Waals surface area contributed by atoms with Crippen molar-refractivity contribution in [1.29, 1.82) is 0 Å². The lowest BCUT2D eigenvalue weighted by Gasteiger charge is -2.23. The highest BCUT2D eigenvalue weighted by Gasteiger charge is 2.30. The van der Waals surface area contributed by atoms with Crippen LogP contribution in [0.4, 0.5) is 0 Å². The first-order valence-electron chi connectivity index (χ1n) is 6.31. The minimum absolute atomic E-state index is 0.0186. The molecule has 1 fully saturated rings. The summed E-state index contributed by atoms with van der Waals surface area (Å²) in [5, 5.41) is 0.707. The average Bonchev–Trinajstić information content (AvgIpc) is 2.76. The van der Waals surface area contributed by atoms with Crippen LogP contribution in [-0.2, 0) is 11.2 Å². The topological polar surface area (TPSA) is 44.5 Å². The second-order valence-corrected chi connectivity index (χ2v) is 5.36. The molecule has 0 bridgehead atoms. The van der Waals surface area contributed by atoms with E-state index in [0.717, 1.165) is 30.8 Å². The third kappa shape index (κ3) is 2.97. The van der Waals surface area contributed by atoms with Gasteiger partial charge in [-0.15, -0.1) is 0 Å². The maximum absolute atomic E-state index is 6.25. The van der Waals surface area contributed by atoms with Crippen LogP contribution < -0.4 is 10.5 Å². The molecule has 3 nitrogen and oxygen atoms in total. The van der Waals surface area contributed by atoms with Crippen LogP contribution in [0, 0.1) is 5.92 Å². The SMILES string of the molecule is COc1ccc(Cl)cc1CC(N)C1OCCC1C. The van der Waals surface area contributed by atoms with E-state index in [-0.39, 0.29) is 12.1 Å². The lowest BCUT2D eigenvalue weighted by Crippen LogP contribution is -2.39. The molecule has 2 rings (SSSR count). The summed E-state index contributed by atoms with van der Waals surface area (Å²) in [5.41, 5.74) is 7.29. The first-order valence-corrected chi connectivity index (χ1v) is 6.69. The quantitative estimate of drug-likeness (QED) is 0.914. The predicted molar refractivity (Wildman–Crippen MR) is 73.2 cm³/mol. The number of rotatable bonds is 4. The van der Waals surface area contributed by atoms with Gasteiger partial charge in [0.05, 0.1) is 13.2 Å². The number of hydrogen-bond acceptors (Lipinski definition) is 3. The standard InChI is InChI=1S/C14H20ClNO2/c1-9-5-6-18-14(9)12(16)8-10-7-11(15)3-4-13(10)17-2/h3-4,7,9,12,14H,5-6,8,16H2,1-2H3. The Morgan fingerprint density at radius 3 is 2.94 bits per heavy atom. The maximum Gasteiger partial charge on any atom is 0.122 e. The minimum atomic E-state index is -0.0186. The smallest absolute Gasteiger partial charge is 0.122 e. The van der Waals surface area contributed by atoms with Crippen LogP contribution >= 0.6 is 11.6 Å². The number of nitrogens with two attached hydrogens (primary N) is 1.